The Morgan fingerprint density at radius 3 is 2.76 bits per heavy atom. The van der Waals surface area contributed by atoms with Crippen molar-refractivity contribution in [1.82, 2.24) is 4.90 Å². The highest BCUT2D eigenvalue weighted by Gasteiger charge is 2.16. The standard InChI is InChI=1S/C16H19BrN2OS/c1-4-18-14-6-5-11(2)7-13(14)16(20)19(3)9-12-8-15(17)21-10-12/h5-8,10,18H,4,9H2,1-3H3. The van der Waals surface area contributed by atoms with Gasteiger partial charge in [0.25, 0.3) is 5.91 Å². The van der Waals surface area contributed by atoms with E-state index in [9.17, 15) is 4.79 Å². The van der Waals surface area contributed by atoms with Gasteiger partial charge < -0.3 is 10.2 Å². The highest BCUT2D eigenvalue weighted by Crippen LogP contribution is 2.23. The molecule has 21 heavy (non-hydrogen) atoms. The Labute approximate surface area is 138 Å². The van der Waals surface area contributed by atoms with Crippen LogP contribution in [0.5, 0.6) is 0 Å². The molecule has 0 bridgehead atoms. The molecule has 0 spiro atoms. The summed E-state index contributed by atoms with van der Waals surface area (Å²) in [5, 5.41) is 5.32. The molecule has 0 saturated carbocycles. The summed E-state index contributed by atoms with van der Waals surface area (Å²) in [4.78, 5) is 14.4. The van der Waals surface area contributed by atoms with Crippen LogP contribution in [0.2, 0.25) is 0 Å². The average Bonchev–Trinajstić information content (AvgIpc) is 2.85. The van der Waals surface area contributed by atoms with Crippen LogP contribution in [0.15, 0.2) is 33.4 Å². The molecule has 0 aliphatic heterocycles. The van der Waals surface area contributed by atoms with E-state index in [1.54, 1.807) is 16.2 Å². The van der Waals surface area contributed by atoms with Crippen LogP contribution < -0.4 is 5.32 Å². The Bertz CT molecular complexity index is 639. The number of nitrogens with one attached hydrogen (secondary N) is 1. The van der Waals surface area contributed by atoms with Crippen molar-refractivity contribution in [2.75, 3.05) is 18.9 Å². The molecule has 0 atom stereocenters. The van der Waals surface area contributed by atoms with E-state index in [-0.39, 0.29) is 5.91 Å². The van der Waals surface area contributed by atoms with E-state index < -0.39 is 0 Å². The monoisotopic (exact) mass is 366 g/mol. The number of nitrogens with zero attached hydrogens (tertiary/aromatic N) is 1. The van der Waals surface area contributed by atoms with Crippen molar-refractivity contribution in [3.05, 3.63) is 50.1 Å². The molecule has 0 aliphatic carbocycles. The van der Waals surface area contributed by atoms with Crippen LogP contribution >= 0.6 is 27.3 Å². The summed E-state index contributed by atoms with van der Waals surface area (Å²) in [5.41, 5.74) is 3.85. The molecule has 1 aromatic carbocycles. The number of halogens is 1. The second kappa shape index (κ2) is 7.09. The first kappa shape index (κ1) is 16.0. The minimum atomic E-state index is 0.0389. The average molecular weight is 367 g/mol. The van der Waals surface area contributed by atoms with Gasteiger partial charge in [-0.15, -0.1) is 11.3 Å². The zero-order valence-corrected chi connectivity index (χ0v) is 14.8. The molecule has 1 N–H and O–H groups in total. The molecule has 0 fully saturated rings. The Morgan fingerprint density at radius 1 is 1.38 bits per heavy atom. The van der Waals surface area contributed by atoms with Crippen molar-refractivity contribution in [1.29, 1.82) is 0 Å². The molecular formula is C16H19BrN2OS. The number of benzene rings is 1. The molecule has 0 saturated heterocycles. The Morgan fingerprint density at radius 2 is 2.14 bits per heavy atom. The fraction of sp³-hybridized carbons (Fsp3) is 0.312. The van der Waals surface area contributed by atoms with Crippen LogP contribution in [0.3, 0.4) is 0 Å². The maximum Gasteiger partial charge on any atom is 0.256 e. The molecule has 112 valence electrons. The number of aryl methyl sites for hydroxylation is 1. The third-order valence-corrected chi connectivity index (χ3v) is 4.71. The summed E-state index contributed by atoms with van der Waals surface area (Å²) in [6.45, 7) is 5.44. The summed E-state index contributed by atoms with van der Waals surface area (Å²) in [6.07, 6.45) is 0. The zero-order valence-electron chi connectivity index (χ0n) is 12.4. The number of carbonyl (C=O) groups is 1. The van der Waals surface area contributed by atoms with Crippen LogP contribution in [-0.2, 0) is 6.54 Å². The van der Waals surface area contributed by atoms with Gasteiger partial charge in [0.05, 0.1) is 9.35 Å². The Hall–Kier alpha value is -1.33. The van der Waals surface area contributed by atoms with E-state index in [1.807, 2.05) is 39.1 Å². The fourth-order valence-electron chi connectivity index (χ4n) is 2.16. The van der Waals surface area contributed by atoms with E-state index >= 15 is 0 Å². The molecule has 1 heterocycles. The van der Waals surface area contributed by atoms with Gasteiger partial charge in [-0.3, -0.25) is 4.79 Å². The summed E-state index contributed by atoms with van der Waals surface area (Å²) in [7, 11) is 1.84. The van der Waals surface area contributed by atoms with Gasteiger partial charge in [0.2, 0.25) is 0 Å². The third-order valence-electron chi connectivity index (χ3n) is 3.16. The van der Waals surface area contributed by atoms with E-state index in [0.29, 0.717) is 6.54 Å². The molecule has 0 radical (unpaired) electrons. The lowest BCUT2D eigenvalue weighted by atomic mass is 10.1. The maximum atomic E-state index is 12.7. The number of hydrogen-bond donors (Lipinski definition) is 1. The normalized spacial score (nSPS) is 10.5. The van der Waals surface area contributed by atoms with Crippen LogP contribution in [-0.4, -0.2) is 24.4 Å². The summed E-state index contributed by atoms with van der Waals surface area (Å²) >= 11 is 5.08. The van der Waals surface area contributed by atoms with Crippen LogP contribution in [0.1, 0.15) is 28.4 Å². The number of carbonyl (C=O) groups excluding carboxylic acids is 1. The fourth-order valence-corrected chi connectivity index (χ4v) is 3.36. The van der Waals surface area contributed by atoms with Crippen LogP contribution in [0.25, 0.3) is 0 Å². The van der Waals surface area contributed by atoms with Gasteiger partial charge in [0, 0.05) is 25.8 Å². The predicted molar refractivity (Wildman–Crippen MR) is 93.2 cm³/mol. The van der Waals surface area contributed by atoms with Gasteiger partial charge in [-0.05, 0) is 58.9 Å². The molecular weight excluding hydrogens is 348 g/mol. The number of anilines is 1. The van der Waals surface area contributed by atoms with E-state index in [1.165, 1.54) is 0 Å². The van der Waals surface area contributed by atoms with Gasteiger partial charge in [-0.25, -0.2) is 0 Å². The molecule has 3 nitrogen and oxygen atoms in total. The van der Waals surface area contributed by atoms with Gasteiger partial charge in [0.1, 0.15) is 0 Å². The molecule has 2 aromatic rings. The lowest BCUT2D eigenvalue weighted by Crippen LogP contribution is -2.27. The molecule has 0 unspecified atom stereocenters. The second-order valence-electron chi connectivity index (χ2n) is 5.00. The summed E-state index contributed by atoms with van der Waals surface area (Å²) in [5.74, 6) is 0.0389. The third kappa shape index (κ3) is 4.08. The minimum Gasteiger partial charge on any atom is -0.385 e. The van der Waals surface area contributed by atoms with Crippen molar-refractivity contribution >= 4 is 38.9 Å². The number of rotatable bonds is 5. The maximum absolute atomic E-state index is 12.7. The van der Waals surface area contributed by atoms with Crippen molar-refractivity contribution < 1.29 is 4.79 Å². The second-order valence-corrected chi connectivity index (χ2v) is 7.29. The lowest BCUT2D eigenvalue weighted by Gasteiger charge is -2.19. The van der Waals surface area contributed by atoms with E-state index in [2.05, 4.69) is 32.7 Å². The quantitative estimate of drug-likeness (QED) is 0.843. The highest BCUT2D eigenvalue weighted by molar-refractivity contribution is 9.11. The lowest BCUT2D eigenvalue weighted by molar-refractivity contribution is 0.0786. The largest absolute Gasteiger partial charge is 0.385 e. The molecule has 1 amide bonds. The van der Waals surface area contributed by atoms with Gasteiger partial charge >= 0.3 is 0 Å². The van der Waals surface area contributed by atoms with E-state index in [0.717, 1.165) is 32.7 Å². The van der Waals surface area contributed by atoms with Crippen molar-refractivity contribution in [2.45, 2.75) is 20.4 Å². The molecule has 1 aromatic heterocycles. The molecule has 0 aliphatic rings. The van der Waals surface area contributed by atoms with Gasteiger partial charge in [0.15, 0.2) is 0 Å². The van der Waals surface area contributed by atoms with E-state index in [4.69, 9.17) is 0 Å². The topological polar surface area (TPSA) is 32.3 Å². The first-order valence-electron chi connectivity index (χ1n) is 6.84. The first-order valence-corrected chi connectivity index (χ1v) is 8.51. The Kier molecular flexibility index (Phi) is 5.42. The van der Waals surface area contributed by atoms with Gasteiger partial charge in [-0.2, -0.15) is 0 Å². The SMILES string of the molecule is CCNc1ccc(C)cc1C(=O)N(C)Cc1csc(Br)c1. The minimum absolute atomic E-state index is 0.0389. The summed E-state index contributed by atoms with van der Waals surface area (Å²) in [6, 6.07) is 7.99. The number of hydrogen-bond acceptors (Lipinski definition) is 3. The smallest absolute Gasteiger partial charge is 0.256 e. The zero-order chi connectivity index (χ0) is 15.4. The van der Waals surface area contributed by atoms with Crippen molar-refractivity contribution in [3.8, 4) is 0 Å². The molecule has 5 heteroatoms. The van der Waals surface area contributed by atoms with Crippen LogP contribution in [0.4, 0.5) is 5.69 Å². The summed E-state index contributed by atoms with van der Waals surface area (Å²) < 4.78 is 1.09. The predicted octanol–water partition coefficient (Wildman–Crippen LogP) is 4.52. The van der Waals surface area contributed by atoms with Gasteiger partial charge in [-0.1, -0.05) is 11.6 Å². The highest BCUT2D eigenvalue weighted by atomic mass is 79.9. The number of thiophene rings is 1. The molecule has 2 rings (SSSR count). The number of amides is 1. The van der Waals surface area contributed by atoms with Crippen molar-refractivity contribution in [2.24, 2.45) is 0 Å². The van der Waals surface area contributed by atoms with Crippen LogP contribution in [0, 0.1) is 6.92 Å². The first-order chi connectivity index (χ1) is 10.0. The Balaban J connectivity index is 2.20. The van der Waals surface area contributed by atoms with Crippen molar-refractivity contribution in [3.63, 3.8) is 0 Å².